The molecule has 4 rings (SSSR count). The third kappa shape index (κ3) is 3.33. The number of hydrogen-bond acceptors (Lipinski definition) is 4. The number of aromatic nitrogens is 4. The van der Waals surface area contributed by atoms with Gasteiger partial charge in [-0.3, -0.25) is 4.79 Å². The average molecular weight is 424 g/mol. The molecule has 6 nitrogen and oxygen atoms in total. The van der Waals surface area contributed by atoms with E-state index in [1.165, 1.54) is 12.3 Å². The van der Waals surface area contributed by atoms with Gasteiger partial charge in [0.05, 0.1) is 11.2 Å². The number of hydrogen-bond donors (Lipinski definition) is 0. The molecule has 0 N–H and O–H groups in total. The molecule has 0 aliphatic carbocycles. The smallest absolute Gasteiger partial charge is 0.290 e. The van der Waals surface area contributed by atoms with Crippen LogP contribution in [0.15, 0.2) is 30.6 Å². The van der Waals surface area contributed by atoms with E-state index in [1.54, 1.807) is 15.7 Å². The highest BCUT2D eigenvalue weighted by atomic mass is 35.5. The molecule has 1 amide bonds. The average Bonchev–Trinajstić information content (AvgIpc) is 3.07. The molecule has 0 fully saturated rings. The molecule has 1 aromatic carbocycles. The molecule has 0 saturated heterocycles. The van der Waals surface area contributed by atoms with E-state index >= 15 is 0 Å². The fourth-order valence-electron chi connectivity index (χ4n) is 3.14. The number of nitrogens with zero attached hydrogens (tertiary/aromatic N) is 5. The summed E-state index contributed by atoms with van der Waals surface area (Å²) in [5.41, 5.74) is 1.22. The number of carbonyl (C=O) groups excluding carboxylic acids is 1. The second-order valence-electron chi connectivity index (χ2n) is 6.47. The Morgan fingerprint density at radius 1 is 1.21 bits per heavy atom. The fraction of sp³-hybridized carbons (Fsp3) is 0.222. The number of rotatable bonds is 3. The van der Waals surface area contributed by atoms with Gasteiger partial charge in [-0.05, 0) is 36.2 Å². The molecule has 0 radical (unpaired) electrons. The number of amides is 1. The van der Waals surface area contributed by atoms with Gasteiger partial charge in [-0.2, -0.15) is 0 Å². The van der Waals surface area contributed by atoms with Crippen molar-refractivity contribution in [2.45, 2.75) is 26.1 Å². The van der Waals surface area contributed by atoms with Crippen LogP contribution in [0.5, 0.6) is 0 Å². The lowest BCUT2D eigenvalue weighted by Gasteiger charge is -2.33. The summed E-state index contributed by atoms with van der Waals surface area (Å²) < 4.78 is 28.4. The van der Waals surface area contributed by atoms with Gasteiger partial charge in [0, 0.05) is 25.3 Å². The van der Waals surface area contributed by atoms with Crippen molar-refractivity contribution in [3.63, 3.8) is 0 Å². The van der Waals surface area contributed by atoms with Crippen LogP contribution in [-0.2, 0) is 13.1 Å². The highest BCUT2D eigenvalue weighted by Crippen LogP contribution is 2.28. The molecule has 3 aromatic rings. The van der Waals surface area contributed by atoms with Crippen LogP contribution < -0.4 is 0 Å². The summed E-state index contributed by atoms with van der Waals surface area (Å²) in [4.78, 5) is 26.8. The molecule has 0 saturated carbocycles. The third-order valence-electron chi connectivity index (χ3n) is 4.52. The van der Waals surface area contributed by atoms with Gasteiger partial charge in [-0.1, -0.05) is 17.7 Å². The molecule has 0 spiro atoms. The first kappa shape index (κ1) is 18.8. The van der Waals surface area contributed by atoms with Crippen LogP contribution in [0.3, 0.4) is 0 Å². The zero-order valence-electron chi connectivity index (χ0n) is 14.5. The summed E-state index contributed by atoms with van der Waals surface area (Å²) in [5, 5.41) is 0.281. The van der Waals surface area contributed by atoms with Crippen molar-refractivity contribution in [2.24, 2.45) is 0 Å². The lowest BCUT2D eigenvalue weighted by molar-refractivity contribution is 0.0587. The minimum atomic E-state index is -0.950. The molecule has 3 heterocycles. The molecule has 1 aliphatic rings. The van der Waals surface area contributed by atoms with Crippen molar-refractivity contribution in [1.82, 2.24) is 24.4 Å². The van der Waals surface area contributed by atoms with E-state index in [4.69, 9.17) is 23.2 Å². The van der Waals surface area contributed by atoms with Crippen LogP contribution in [0.1, 0.15) is 23.1 Å². The second kappa shape index (κ2) is 7.10. The molecule has 1 atom stereocenters. The van der Waals surface area contributed by atoms with E-state index in [0.717, 1.165) is 12.1 Å². The number of fused-ring (bicyclic) bond motifs is 1. The second-order valence-corrected chi connectivity index (χ2v) is 7.21. The Bertz CT molecular complexity index is 1090. The van der Waals surface area contributed by atoms with Crippen molar-refractivity contribution >= 4 is 29.1 Å². The summed E-state index contributed by atoms with van der Waals surface area (Å²) >= 11 is 12.0. The van der Waals surface area contributed by atoms with E-state index in [-0.39, 0.29) is 34.6 Å². The first-order valence-corrected chi connectivity index (χ1v) is 9.09. The first-order valence-electron chi connectivity index (χ1n) is 8.34. The minimum absolute atomic E-state index is 0.0185. The Morgan fingerprint density at radius 2 is 2.00 bits per heavy atom. The molecule has 1 aliphatic heterocycles. The largest absolute Gasteiger partial charge is 0.327 e. The van der Waals surface area contributed by atoms with Crippen LogP contribution in [-0.4, -0.2) is 36.4 Å². The highest BCUT2D eigenvalue weighted by molar-refractivity contribution is 6.33. The standard InChI is InChI=1S/C18H13Cl2F2N5O/c1-9-6-26-8-14(15-11(19)5-23-18(20)25-15)24-16(26)17(28)27(9)7-10-2-3-12(21)13(22)4-10/h2-5,8-9H,6-7H2,1H3/t9-/m0/s1. The zero-order chi connectivity index (χ0) is 20.0. The molecule has 28 heavy (non-hydrogen) atoms. The first-order chi connectivity index (χ1) is 13.3. The van der Waals surface area contributed by atoms with Crippen molar-refractivity contribution in [2.75, 3.05) is 0 Å². The summed E-state index contributed by atoms with van der Waals surface area (Å²) in [5.74, 6) is -2.00. The van der Waals surface area contributed by atoms with Gasteiger partial charge >= 0.3 is 0 Å². The Balaban J connectivity index is 1.66. The Labute approximate surface area is 168 Å². The predicted octanol–water partition coefficient (Wildman–Crippen LogP) is 3.97. The molecular formula is C18H13Cl2F2N5O. The number of carbonyl (C=O) groups is 1. The van der Waals surface area contributed by atoms with Crippen LogP contribution >= 0.6 is 23.2 Å². The highest BCUT2D eigenvalue weighted by Gasteiger charge is 2.32. The fourth-order valence-corrected chi connectivity index (χ4v) is 3.46. The van der Waals surface area contributed by atoms with Crippen molar-refractivity contribution in [3.8, 4) is 11.4 Å². The van der Waals surface area contributed by atoms with Crippen LogP contribution in [0, 0.1) is 11.6 Å². The number of benzene rings is 1. The molecule has 0 bridgehead atoms. The SMILES string of the molecule is C[C@H]1Cn2cc(-c3nc(Cl)ncc3Cl)nc2C(=O)N1Cc1ccc(F)c(F)c1. The van der Waals surface area contributed by atoms with E-state index < -0.39 is 11.6 Å². The molecule has 10 heteroatoms. The topological polar surface area (TPSA) is 63.9 Å². The number of halogens is 4. The maximum absolute atomic E-state index is 13.5. The maximum atomic E-state index is 13.5. The predicted molar refractivity (Wildman–Crippen MR) is 99.0 cm³/mol. The van der Waals surface area contributed by atoms with Gasteiger partial charge in [0.15, 0.2) is 17.5 Å². The number of imidazole rings is 1. The summed E-state index contributed by atoms with van der Waals surface area (Å²) in [6.07, 6.45) is 3.05. The van der Waals surface area contributed by atoms with E-state index in [0.29, 0.717) is 23.5 Å². The quantitative estimate of drug-likeness (QED) is 0.597. The van der Waals surface area contributed by atoms with Crippen LogP contribution in [0.4, 0.5) is 8.78 Å². The monoisotopic (exact) mass is 423 g/mol. The van der Waals surface area contributed by atoms with Gasteiger partial charge in [0.25, 0.3) is 5.91 Å². The third-order valence-corrected chi connectivity index (χ3v) is 4.97. The molecule has 2 aromatic heterocycles. The van der Waals surface area contributed by atoms with E-state index in [1.807, 2.05) is 6.92 Å². The Hall–Kier alpha value is -2.58. The Kier molecular flexibility index (Phi) is 4.76. The van der Waals surface area contributed by atoms with Crippen molar-refractivity contribution in [1.29, 1.82) is 0 Å². The van der Waals surface area contributed by atoms with Gasteiger partial charge in [0.2, 0.25) is 5.28 Å². The minimum Gasteiger partial charge on any atom is -0.327 e. The molecule has 144 valence electrons. The summed E-state index contributed by atoms with van der Waals surface area (Å²) in [6, 6.07) is 3.40. The maximum Gasteiger partial charge on any atom is 0.290 e. The van der Waals surface area contributed by atoms with Gasteiger partial charge in [-0.25, -0.2) is 23.7 Å². The Morgan fingerprint density at radius 3 is 2.75 bits per heavy atom. The van der Waals surface area contributed by atoms with Gasteiger partial charge in [-0.15, -0.1) is 0 Å². The lowest BCUT2D eigenvalue weighted by Crippen LogP contribution is -2.46. The van der Waals surface area contributed by atoms with Gasteiger partial charge < -0.3 is 9.47 Å². The van der Waals surface area contributed by atoms with Crippen LogP contribution in [0.25, 0.3) is 11.4 Å². The normalized spacial score (nSPS) is 16.4. The van der Waals surface area contributed by atoms with Gasteiger partial charge in [0.1, 0.15) is 11.4 Å². The lowest BCUT2D eigenvalue weighted by atomic mass is 10.1. The molecule has 0 unspecified atom stereocenters. The van der Waals surface area contributed by atoms with E-state index in [2.05, 4.69) is 15.0 Å². The van der Waals surface area contributed by atoms with E-state index in [9.17, 15) is 13.6 Å². The zero-order valence-corrected chi connectivity index (χ0v) is 16.0. The summed E-state index contributed by atoms with van der Waals surface area (Å²) in [7, 11) is 0. The van der Waals surface area contributed by atoms with Crippen LogP contribution in [0.2, 0.25) is 10.3 Å². The molecular weight excluding hydrogens is 411 g/mol. The van der Waals surface area contributed by atoms with Crippen molar-refractivity contribution in [3.05, 3.63) is 63.9 Å². The summed E-state index contributed by atoms with van der Waals surface area (Å²) in [6.45, 7) is 2.49. The van der Waals surface area contributed by atoms with Crippen molar-refractivity contribution < 1.29 is 13.6 Å².